The Labute approximate surface area is 834 Å². The lowest BCUT2D eigenvalue weighted by Crippen LogP contribution is -2.67. The Kier molecular flexibility index (Phi) is 47.9. The zero-order valence-corrected chi connectivity index (χ0v) is 80.4. The minimum Gasteiger partial charge on any atom is -0.394 e. The van der Waals surface area contributed by atoms with Gasteiger partial charge in [-0.25, -0.2) is 28.1 Å². The number of aromatic amines is 1. The molecule has 12 rings (SSSR count). The van der Waals surface area contributed by atoms with Gasteiger partial charge in [-0.15, -0.1) is 0 Å². The van der Waals surface area contributed by atoms with Crippen molar-refractivity contribution >= 4 is 35.2 Å². The summed E-state index contributed by atoms with van der Waals surface area (Å²) in [5.74, 6) is -4.94. The van der Waals surface area contributed by atoms with Gasteiger partial charge in [0.2, 0.25) is 0 Å². The van der Waals surface area contributed by atoms with Crippen molar-refractivity contribution in [3.8, 4) is 0 Å². The van der Waals surface area contributed by atoms with Crippen LogP contribution < -0.4 is 102 Å². The topological polar surface area (TPSA) is 980 Å². The average molecular weight is 2090 g/mol. The van der Waals surface area contributed by atoms with Gasteiger partial charge >= 0.3 is 0 Å². The number of halogens is 3. The van der Waals surface area contributed by atoms with Crippen LogP contribution in [-0.4, -0.2) is 463 Å². The van der Waals surface area contributed by atoms with E-state index in [0.29, 0.717) is 25.5 Å². The number of nitrogens with one attached hydrogen (secondary N) is 4. The van der Waals surface area contributed by atoms with Crippen molar-refractivity contribution in [1.82, 2.24) is 30.9 Å². The fourth-order valence-corrected chi connectivity index (χ4v) is 19.3. The van der Waals surface area contributed by atoms with Crippen LogP contribution in [0.5, 0.6) is 0 Å². The lowest BCUT2D eigenvalue weighted by molar-refractivity contribution is -0.315. The van der Waals surface area contributed by atoms with Crippen LogP contribution >= 0.6 is 0 Å². The molecular weight excluding hydrogens is 1930 g/mol. The average Bonchev–Trinajstić information content (AvgIpc) is 1.06. The molecule has 3 saturated carbocycles. The SMILES string of the molecule is NCC[C@H](O)C(=O)C[C@@H]1CC(N)[C@@H](O[C@H]2OC(CN)[C@@H](O)CC2N)[C@H](F)C1OC1O[C@H](CO)[C@@H](O)C(NC(N)=NCC2CCOC2)[C@H]1O.NCC[C@H](O)C(=O)C[C@@H]1CC(N)[C@@H](O[C@H]2OC(CN)[C@@H](O)CC2N)[C@H](F)C1OC1O[C@H](CO)[C@@H](O)C(NC(N)=NCc2ccncc2)[C@H]1O.NCC[C@H](O)C(=O)C[C@@H]1CC(N)[C@@H](O[C@H]2OC(CN)[C@@H](O)CC2N)[C@H](F)C1OC1O[C@H](CO)[C@@H](O)C(NC(N)=NCc2cnc[nH]2)[C@H]1O. The molecule has 145 heavy (non-hydrogen) atoms. The van der Waals surface area contributed by atoms with Gasteiger partial charge in [0, 0.05) is 94.7 Å². The van der Waals surface area contributed by atoms with Gasteiger partial charge in [0.15, 0.2) is 91.5 Å². The number of hydrogen-bond donors (Lipinski definition) is 34. The van der Waals surface area contributed by atoms with Gasteiger partial charge in [-0.05, 0) is 119 Å². The summed E-state index contributed by atoms with van der Waals surface area (Å²) in [4.78, 5) is 62.1. The van der Waals surface area contributed by atoms with Gasteiger partial charge in [0.1, 0.15) is 91.6 Å². The van der Waals surface area contributed by atoms with Crippen LogP contribution in [0.3, 0.4) is 0 Å². The quantitative estimate of drug-likeness (QED) is 0.0217. The molecule has 3 aliphatic carbocycles. The van der Waals surface area contributed by atoms with E-state index in [2.05, 4.69) is 45.9 Å². The summed E-state index contributed by atoms with van der Waals surface area (Å²) in [7, 11) is 0. The summed E-state index contributed by atoms with van der Waals surface area (Å²) in [6, 6.07) is -5.97. The predicted octanol–water partition coefficient (Wildman–Crippen LogP) is -15.7. The molecule has 830 valence electrons. The number of ether oxygens (including phenoxy) is 13. The molecule has 7 saturated heterocycles. The van der Waals surface area contributed by atoms with Gasteiger partial charge in [0.05, 0.1) is 143 Å². The number of rotatable bonds is 42. The number of ketones is 3. The number of aliphatic imine (C=N–C) groups is 3. The first-order valence-electron chi connectivity index (χ1n) is 48.9. The zero-order chi connectivity index (χ0) is 106. The summed E-state index contributed by atoms with van der Waals surface area (Å²) < 4.78 is 125. The molecule has 58 heteroatoms. The molecule has 10 aliphatic rings. The van der Waals surface area contributed by atoms with Crippen LogP contribution in [0.4, 0.5) is 13.2 Å². The summed E-state index contributed by atoms with van der Waals surface area (Å²) in [5, 5.41) is 166. The highest BCUT2D eigenvalue weighted by Crippen LogP contribution is 2.43. The number of aliphatic hydroxyl groups is 15. The molecule has 10 fully saturated rings. The van der Waals surface area contributed by atoms with Gasteiger partial charge < -0.3 is 245 Å². The van der Waals surface area contributed by atoms with Crippen LogP contribution in [0, 0.1) is 23.7 Å². The van der Waals surface area contributed by atoms with Crippen molar-refractivity contribution < 1.29 is 166 Å². The Bertz CT molecular complexity index is 4250. The fraction of sp³-hybridized carbons (Fsp3) is 0.839. The molecule has 55 nitrogen and oxygen atoms in total. The van der Waals surface area contributed by atoms with Crippen molar-refractivity contribution in [2.24, 2.45) is 125 Å². The third-order valence-electron chi connectivity index (χ3n) is 27.6. The molecule has 0 aromatic carbocycles. The number of imidazole rings is 1. The van der Waals surface area contributed by atoms with Crippen LogP contribution in [0.2, 0.25) is 0 Å². The molecule has 0 bridgehead atoms. The minimum atomic E-state index is -2.07. The van der Waals surface area contributed by atoms with E-state index in [-0.39, 0.29) is 153 Å². The lowest BCUT2D eigenvalue weighted by Gasteiger charge is -2.48. The van der Waals surface area contributed by atoms with Crippen molar-refractivity contribution in [3.63, 3.8) is 0 Å². The maximum absolute atomic E-state index is 16.7. The van der Waals surface area contributed by atoms with E-state index >= 15 is 13.2 Å². The summed E-state index contributed by atoms with van der Waals surface area (Å²) in [6.07, 6.45) is -40.6. The van der Waals surface area contributed by atoms with E-state index in [1.807, 2.05) is 0 Å². The maximum atomic E-state index is 16.7. The summed E-state index contributed by atoms with van der Waals surface area (Å²) in [6.45, 7) is -0.404. The maximum Gasteiger partial charge on any atom is 0.189 e. The number of nitrogens with two attached hydrogens (primary N) is 15. The lowest BCUT2D eigenvalue weighted by atomic mass is 9.77. The number of alkyl halides is 3. The fourth-order valence-electron chi connectivity index (χ4n) is 19.3. The van der Waals surface area contributed by atoms with E-state index in [1.165, 1.54) is 12.5 Å². The minimum absolute atomic E-state index is 0.0103. The Balaban J connectivity index is 0.000000223. The molecular formula is C87H155F3N24O31. The smallest absolute Gasteiger partial charge is 0.189 e. The molecule has 2 aromatic rings. The normalized spacial score (nSPS) is 40.8. The molecule has 0 radical (unpaired) electrons. The third-order valence-corrected chi connectivity index (χ3v) is 27.6. The van der Waals surface area contributed by atoms with Crippen LogP contribution in [0.25, 0.3) is 0 Å². The molecule has 19 unspecified atom stereocenters. The molecule has 2 aromatic heterocycles. The highest BCUT2D eigenvalue weighted by Gasteiger charge is 2.58. The molecule has 0 spiro atoms. The first-order chi connectivity index (χ1) is 69.1. The second-order valence-corrected chi connectivity index (χ2v) is 38.4. The summed E-state index contributed by atoms with van der Waals surface area (Å²) >= 11 is 0. The standard InChI is InChI=1S/C30H51FN8O10.C29H54FN7O11.C28H50FN9O10/c31-22-26(48-29-25(45)23(24(44)21(12-40)47-29)39-30(36)38-11-13-2-5-37-6-3-13)14(8-18(42)17(41)1-4-32)7-15(34)27(22)49-28-16(35)9-19(43)20(10-33)46-28;30-21-25(47-28-24(43)22(23(42)20(10-38)46-28)37-29(35)36-9-12-2-4-44-11-12)13(6-17(40)16(39)1-3-31)5-14(33)26(21)48-27-15(34)7-18(41)19(8-32)45-27;29-20-24(47-27-23(44)21(22(43)19(9-39)46-27)38-28(34)36-8-12-7-35-10-37-12)11(4-16(41)15(40)1-2-30)3-13(32)25(20)48-26-14(33)5-17(42)18(6-31)45-26/h2-3,5-6,14-17,19-29,40-41,43-45H,1,4,7-12,32-35H2,(H3,36,38,39);12-16,18-28,38-39,41-43H,1-11,31-34H2,(H3,35,36,37);7,10-11,13-15,17-27,39-40,42-44H,1-6,8-9,30-33H2,(H,35,37)(H3,34,36,38)/t14-,15?,16?,17-,19-,20?,21+,22+,23?,24+,25+,26?,27+,28+,29?;12?,13-,14?,15?,16-,18-,19?,20+,21+,22?,23+,24+,25?,26+,27+,28?;11-,13?,14?,15-,17-,18?,19+,20+,21?,22+,23+,24?,25+,26+,27?/m000/s1. The molecule has 9 heterocycles. The van der Waals surface area contributed by atoms with E-state index in [9.17, 15) is 91.0 Å². The number of carbonyl (C=O) groups excluding carboxylic acids is 3. The highest BCUT2D eigenvalue weighted by molar-refractivity contribution is 5.84. The largest absolute Gasteiger partial charge is 0.394 e. The van der Waals surface area contributed by atoms with Crippen molar-refractivity contribution in [3.05, 3.63) is 48.3 Å². The Morgan fingerprint density at radius 1 is 0.428 bits per heavy atom. The number of pyridine rings is 1. The second kappa shape index (κ2) is 57.7. The van der Waals surface area contributed by atoms with E-state index in [0.717, 1.165) is 12.0 Å². The number of guanidine groups is 3. The first kappa shape index (κ1) is 120. The number of H-pyrrole nitrogens is 1. The number of aromatic nitrogens is 3. The van der Waals surface area contributed by atoms with Crippen molar-refractivity contribution in [2.45, 2.75) is 354 Å². The Morgan fingerprint density at radius 3 is 1.04 bits per heavy atom. The predicted molar refractivity (Wildman–Crippen MR) is 502 cm³/mol. The van der Waals surface area contributed by atoms with Gasteiger partial charge in [-0.3, -0.25) is 24.4 Å². The number of hydrogen-bond acceptors (Lipinski definition) is 48. The van der Waals surface area contributed by atoms with Gasteiger partial charge in [-0.2, -0.15) is 0 Å². The zero-order valence-electron chi connectivity index (χ0n) is 80.4. The van der Waals surface area contributed by atoms with Gasteiger partial charge in [-0.1, -0.05) is 0 Å². The van der Waals surface area contributed by atoms with Crippen LogP contribution in [0.1, 0.15) is 94.7 Å². The number of Topliss-reactive ketones (excluding diaryl/α,β-unsaturated/α-hetero) is 3. The molecule has 46 atom stereocenters. The van der Waals surface area contributed by atoms with Crippen LogP contribution in [-0.2, 0) is 89.1 Å². The van der Waals surface area contributed by atoms with E-state index in [1.54, 1.807) is 24.5 Å². The Morgan fingerprint density at radius 2 is 0.745 bits per heavy atom. The Hall–Kier alpha value is -6.63. The number of aliphatic hydroxyl groups excluding tert-OH is 15. The van der Waals surface area contributed by atoms with Crippen LogP contribution in [0.15, 0.2) is 52.0 Å². The summed E-state index contributed by atoms with van der Waals surface area (Å²) in [5.41, 5.74) is 90.7. The number of carbonyl (C=O) groups is 3. The molecule has 0 amide bonds. The van der Waals surface area contributed by atoms with Crippen molar-refractivity contribution in [1.29, 1.82) is 0 Å². The van der Waals surface area contributed by atoms with Gasteiger partial charge in [0.25, 0.3) is 0 Å². The van der Waals surface area contributed by atoms with E-state index < -0.39 is 312 Å². The first-order valence-corrected chi connectivity index (χ1v) is 48.9. The molecule has 7 aliphatic heterocycles. The number of nitrogens with zero attached hydrogens (tertiary/aromatic N) is 5. The second-order valence-electron chi connectivity index (χ2n) is 38.4. The van der Waals surface area contributed by atoms with Crippen molar-refractivity contribution in [2.75, 3.05) is 78.8 Å². The van der Waals surface area contributed by atoms with E-state index in [4.69, 9.17) is 148 Å². The third kappa shape index (κ3) is 32.3. The molecule has 49 N–H and O–H groups in total. The highest BCUT2D eigenvalue weighted by atomic mass is 19.1. The monoisotopic (exact) mass is 2090 g/mol.